The first-order chi connectivity index (χ1) is 9.11. The molecule has 0 aliphatic carbocycles. The molecule has 1 aliphatic heterocycles. The van der Waals surface area contributed by atoms with Gasteiger partial charge in [-0.25, -0.2) is 4.98 Å². The van der Waals surface area contributed by atoms with Crippen molar-refractivity contribution in [3.63, 3.8) is 0 Å². The second-order valence-electron chi connectivity index (χ2n) is 7.84. The van der Waals surface area contributed by atoms with Crippen LogP contribution in [0.4, 0.5) is 0 Å². The summed E-state index contributed by atoms with van der Waals surface area (Å²) in [4.78, 5) is 6.92. The lowest BCUT2D eigenvalue weighted by Gasteiger charge is -2.44. The Morgan fingerprint density at radius 1 is 1.36 bits per heavy atom. The van der Waals surface area contributed by atoms with Crippen LogP contribution in [0, 0.1) is 5.41 Å². The van der Waals surface area contributed by atoms with Gasteiger partial charge >= 0.3 is 0 Å². The summed E-state index contributed by atoms with van der Waals surface area (Å²) >= 11 is 0. The van der Waals surface area contributed by atoms with E-state index in [2.05, 4.69) is 51.4 Å². The first kappa shape index (κ1) is 21.7. The fourth-order valence-electron chi connectivity index (χ4n) is 2.73. The SMILES string of the molecule is CC(c1ncc(C(C)(C)C)o1)N1CCC(N)C(C)(C)C1.Cl.Cl. The molecule has 130 valence electrons. The molecule has 2 rings (SSSR count). The second-order valence-corrected chi connectivity index (χ2v) is 7.84. The standard InChI is InChI=1S/C16H29N3O.2ClH/c1-11(14-18-9-13(20-14)15(2,3)4)19-8-7-12(17)16(5,6)10-19;;/h9,11-12H,7-8,10,17H2,1-6H3;2*1H. The van der Waals surface area contributed by atoms with E-state index in [-0.39, 0.29) is 47.7 Å². The molecule has 1 saturated heterocycles. The number of oxazole rings is 1. The topological polar surface area (TPSA) is 55.3 Å². The molecule has 0 radical (unpaired) electrons. The van der Waals surface area contributed by atoms with Crippen LogP contribution in [-0.2, 0) is 5.41 Å². The van der Waals surface area contributed by atoms with E-state index in [0.717, 1.165) is 31.2 Å². The highest BCUT2D eigenvalue weighted by molar-refractivity contribution is 5.85. The maximum atomic E-state index is 6.21. The molecule has 0 aromatic carbocycles. The van der Waals surface area contributed by atoms with Crippen molar-refractivity contribution in [3.05, 3.63) is 17.8 Å². The van der Waals surface area contributed by atoms with Gasteiger partial charge in [0.05, 0.1) is 12.2 Å². The number of aromatic nitrogens is 1. The van der Waals surface area contributed by atoms with Crippen molar-refractivity contribution in [2.45, 2.75) is 65.5 Å². The number of rotatable bonds is 2. The van der Waals surface area contributed by atoms with Crippen molar-refractivity contribution in [3.8, 4) is 0 Å². The fourth-order valence-corrected chi connectivity index (χ4v) is 2.73. The molecule has 22 heavy (non-hydrogen) atoms. The highest BCUT2D eigenvalue weighted by Gasteiger charge is 2.36. The van der Waals surface area contributed by atoms with E-state index in [4.69, 9.17) is 10.2 Å². The second kappa shape index (κ2) is 7.52. The van der Waals surface area contributed by atoms with Gasteiger partial charge in [-0.1, -0.05) is 34.6 Å². The zero-order valence-corrected chi connectivity index (χ0v) is 16.2. The molecule has 4 nitrogen and oxygen atoms in total. The molecule has 2 unspecified atom stereocenters. The van der Waals surface area contributed by atoms with Crippen molar-refractivity contribution >= 4 is 24.8 Å². The van der Waals surface area contributed by atoms with E-state index in [1.54, 1.807) is 0 Å². The summed E-state index contributed by atoms with van der Waals surface area (Å²) < 4.78 is 5.97. The number of halogens is 2. The van der Waals surface area contributed by atoms with Gasteiger partial charge in [0.15, 0.2) is 0 Å². The van der Waals surface area contributed by atoms with Gasteiger partial charge < -0.3 is 10.2 Å². The first-order valence-electron chi connectivity index (χ1n) is 7.57. The van der Waals surface area contributed by atoms with Gasteiger partial charge in [0, 0.05) is 24.5 Å². The Morgan fingerprint density at radius 3 is 2.41 bits per heavy atom. The van der Waals surface area contributed by atoms with Crippen LogP contribution in [-0.4, -0.2) is 29.0 Å². The van der Waals surface area contributed by atoms with Gasteiger partial charge in [-0.3, -0.25) is 4.90 Å². The summed E-state index contributed by atoms with van der Waals surface area (Å²) in [6, 6.07) is 0.485. The summed E-state index contributed by atoms with van der Waals surface area (Å²) in [7, 11) is 0. The first-order valence-corrected chi connectivity index (χ1v) is 7.57. The molecule has 2 atom stereocenters. The highest BCUT2D eigenvalue weighted by atomic mass is 35.5. The lowest BCUT2D eigenvalue weighted by atomic mass is 9.79. The molecule has 0 spiro atoms. The molecule has 1 fully saturated rings. The Bertz CT molecular complexity index is 468. The minimum Gasteiger partial charge on any atom is -0.443 e. The van der Waals surface area contributed by atoms with Crippen LogP contribution in [0.3, 0.4) is 0 Å². The summed E-state index contributed by atoms with van der Waals surface area (Å²) in [5.74, 6) is 1.77. The van der Waals surface area contributed by atoms with E-state index in [1.165, 1.54) is 0 Å². The lowest BCUT2D eigenvalue weighted by molar-refractivity contribution is 0.0564. The lowest BCUT2D eigenvalue weighted by Crippen LogP contribution is -2.52. The van der Waals surface area contributed by atoms with Crippen LogP contribution in [0.15, 0.2) is 10.6 Å². The Balaban J connectivity index is 0.00000220. The van der Waals surface area contributed by atoms with E-state index in [9.17, 15) is 0 Å². The summed E-state index contributed by atoms with van der Waals surface area (Å²) in [5.41, 5.74) is 6.36. The zero-order chi connectivity index (χ0) is 15.1. The van der Waals surface area contributed by atoms with Crippen LogP contribution >= 0.6 is 24.8 Å². The number of hydrogen-bond acceptors (Lipinski definition) is 4. The van der Waals surface area contributed by atoms with Crippen molar-refractivity contribution in [2.75, 3.05) is 13.1 Å². The quantitative estimate of drug-likeness (QED) is 0.876. The predicted molar refractivity (Wildman–Crippen MR) is 96.1 cm³/mol. The minimum absolute atomic E-state index is 0. The molecular weight excluding hydrogens is 321 g/mol. The average Bonchev–Trinajstić information content (AvgIpc) is 2.80. The third-order valence-electron chi connectivity index (χ3n) is 4.51. The molecule has 0 bridgehead atoms. The Labute approximate surface area is 147 Å². The molecule has 1 aliphatic rings. The molecule has 1 aromatic rings. The van der Waals surface area contributed by atoms with Crippen molar-refractivity contribution < 1.29 is 4.42 Å². The molecular formula is C16H31Cl2N3O. The smallest absolute Gasteiger partial charge is 0.211 e. The Hall–Kier alpha value is -0.290. The Kier molecular flexibility index (Phi) is 7.42. The summed E-state index contributed by atoms with van der Waals surface area (Å²) in [6.45, 7) is 15.1. The van der Waals surface area contributed by atoms with E-state index >= 15 is 0 Å². The molecule has 0 amide bonds. The fraction of sp³-hybridized carbons (Fsp3) is 0.812. The number of nitrogens with two attached hydrogens (primary N) is 1. The maximum absolute atomic E-state index is 6.21. The van der Waals surface area contributed by atoms with Crippen LogP contribution in [0.1, 0.15) is 65.7 Å². The molecule has 2 N–H and O–H groups in total. The molecule has 0 saturated carbocycles. The van der Waals surface area contributed by atoms with Crippen LogP contribution < -0.4 is 5.73 Å². The largest absolute Gasteiger partial charge is 0.443 e. The van der Waals surface area contributed by atoms with Crippen molar-refractivity contribution in [1.82, 2.24) is 9.88 Å². The van der Waals surface area contributed by atoms with Gasteiger partial charge in [0.2, 0.25) is 5.89 Å². The molecule has 1 aromatic heterocycles. The molecule has 6 heteroatoms. The number of likely N-dealkylation sites (tertiary alicyclic amines) is 1. The van der Waals surface area contributed by atoms with Crippen molar-refractivity contribution in [2.24, 2.45) is 11.1 Å². The van der Waals surface area contributed by atoms with Gasteiger partial charge in [-0.15, -0.1) is 24.8 Å². The van der Waals surface area contributed by atoms with Gasteiger partial charge in [-0.2, -0.15) is 0 Å². The summed E-state index contributed by atoms with van der Waals surface area (Å²) in [5, 5.41) is 0. The number of nitrogens with zero attached hydrogens (tertiary/aromatic N) is 2. The van der Waals surface area contributed by atoms with Gasteiger partial charge in [0.1, 0.15) is 5.76 Å². The van der Waals surface area contributed by atoms with Crippen LogP contribution in [0.5, 0.6) is 0 Å². The third kappa shape index (κ3) is 4.60. The van der Waals surface area contributed by atoms with Gasteiger partial charge in [-0.05, 0) is 18.8 Å². The average molecular weight is 352 g/mol. The van der Waals surface area contributed by atoms with Crippen LogP contribution in [0.2, 0.25) is 0 Å². The molecule has 2 heterocycles. The Morgan fingerprint density at radius 2 is 1.95 bits per heavy atom. The highest BCUT2D eigenvalue weighted by Crippen LogP contribution is 2.33. The maximum Gasteiger partial charge on any atom is 0.211 e. The normalized spacial score (nSPS) is 23.3. The van der Waals surface area contributed by atoms with E-state index < -0.39 is 0 Å². The number of piperidine rings is 1. The summed E-state index contributed by atoms with van der Waals surface area (Å²) in [6.07, 6.45) is 2.90. The van der Waals surface area contributed by atoms with E-state index in [0.29, 0.717) is 0 Å². The van der Waals surface area contributed by atoms with Crippen molar-refractivity contribution in [1.29, 1.82) is 0 Å². The van der Waals surface area contributed by atoms with E-state index in [1.807, 2.05) is 6.20 Å². The monoisotopic (exact) mass is 351 g/mol. The third-order valence-corrected chi connectivity index (χ3v) is 4.51. The number of hydrogen-bond donors (Lipinski definition) is 1. The predicted octanol–water partition coefficient (Wildman–Crippen LogP) is 3.94. The van der Waals surface area contributed by atoms with Gasteiger partial charge in [0.25, 0.3) is 0 Å². The zero-order valence-electron chi connectivity index (χ0n) is 14.5. The van der Waals surface area contributed by atoms with Crippen LogP contribution in [0.25, 0.3) is 0 Å². The minimum atomic E-state index is 0.